The molecule has 2 heterocycles. The SMILES string of the molecule is C=CC(=O)OCCCNc1nc(NCCCOC)c(N=Nc2ncn(-c3ccc([N+](=O)[O-])cc3)n2)c(C)c1C#N. The van der Waals surface area contributed by atoms with E-state index in [1.165, 1.54) is 35.3 Å². The molecule has 40 heavy (non-hydrogen) atoms. The molecule has 2 aromatic heterocycles. The van der Waals surface area contributed by atoms with Gasteiger partial charge in [-0.3, -0.25) is 10.1 Å². The highest BCUT2D eigenvalue weighted by Gasteiger charge is 2.18. The monoisotopic (exact) mass is 548 g/mol. The highest BCUT2D eigenvalue weighted by Crippen LogP contribution is 2.34. The molecule has 0 saturated carbocycles. The summed E-state index contributed by atoms with van der Waals surface area (Å²) in [5.41, 5.74) is 1.67. The first-order chi connectivity index (χ1) is 19.4. The lowest BCUT2D eigenvalue weighted by molar-refractivity contribution is -0.384. The van der Waals surface area contributed by atoms with Crippen LogP contribution in [0.3, 0.4) is 0 Å². The summed E-state index contributed by atoms with van der Waals surface area (Å²) in [4.78, 5) is 30.3. The van der Waals surface area contributed by atoms with Gasteiger partial charge in [0.2, 0.25) is 0 Å². The molecule has 0 aliphatic rings. The number of nitro groups is 1. The zero-order valence-electron chi connectivity index (χ0n) is 22.0. The first-order valence-electron chi connectivity index (χ1n) is 12.2. The molecule has 0 atom stereocenters. The number of hydrogen-bond donors (Lipinski definition) is 2. The average Bonchev–Trinajstić information content (AvgIpc) is 3.43. The molecule has 0 unspecified atom stereocenters. The van der Waals surface area contributed by atoms with Crippen molar-refractivity contribution in [3.05, 3.63) is 64.5 Å². The van der Waals surface area contributed by atoms with Crippen molar-refractivity contribution < 1.29 is 19.2 Å². The second kappa shape index (κ2) is 14.6. The van der Waals surface area contributed by atoms with Crippen LogP contribution in [0, 0.1) is 28.4 Å². The molecule has 0 saturated heterocycles. The molecule has 0 aliphatic heterocycles. The van der Waals surface area contributed by atoms with E-state index in [9.17, 15) is 20.2 Å². The van der Waals surface area contributed by atoms with Crippen molar-refractivity contribution in [1.82, 2.24) is 19.7 Å². The van der Waals surface area contributed by atoms with Gasteiger partial charge in [0.1, 0.15) is 23.9 Å². The topological polar surface area (TPSA) is 195 Å². The predicted molar refractivity (Wildman–Crippen MR) is 145 cm³/mol. The molecule has 0 aliphatic carbocycles. The standard InChI is InChI=1S/C25H28N10O5/c1-4-21(36)40-14-6-12-27-23-20(15-26)17(2)22(24(30-23)28-11-5-13-39-3)31-32-25-29-16-34(33-25)18-7-9-19(10-8-18)35(37)38/h4,7-10,16H,1,5-6,11-14H2,2-3H3,(H2,27,28,30). The molecule has 0 spiro atoms. The van der Waals surface area contributed by atoms with Crippen LogP contribution in [0.15, 0.2) is 53.5 Å². The highest BCUT2D eigenvalue weighted by atomic mass is 16.6. The van der Waals surface area contributed by atoms with E-state index in [2.05, 4.69) is 48.6 Å². The zero-order valence-corrected chi connectivity index (χ0v) is 22.0. The third-order valence-electron chi connectivity index (χ3n) is 5.41. The molecule has 0 amide bonds. The third-order valence-corrected chi connectivity index (χ3v) is 5.41. The minimum Gasteiger partial charge on any atom is -0.462 e. The second-order valence-corrected chi connectivity index (χ2v) is 8.16. The molecule has 0 fully saturated rings. The largest absolute Gasteiger partial charge is 0.462 e. The van der Waals surface area contributed by atoms with Gasteiger partial charge in [0.15, 0.2) is 5.82 Å². The average molecular weight is 549 g/mol. The van der Waals surface area contributed by atoms with Gasteiger partial charge in [-0.05, 0) is 31.9 Å². The molecule has 1 aromatic carbocycles. The number of carbonyl (C=O) groups is 1. The first kappa shape index (κ1) is 29.3. The van der Waals surface area contributed by atoms with Crippen molar-refractivity contribution >= 4 is 34.9 Å². The number of esters is 1. The van der Waals surface area contributed by atoms with E-state index < -0.39 is 10.9 Å². The van der Waals surface area contributed by atoms with Gasteiger partial charge < -0.3 is 20.1 Å². The number of rotatable bonds is 15. The van der Waals surface area contributed by atoms with Gasteiger partial charge in [0, 0.05) is 50.6 Å². The van der Waals surface area contributed by atoms with Gasteiger partial charge in [0.25, 0.3) is 11.6 Å². The lowest BCUT2D eigenvalue weighted by Gasteiger charge is -2.15. The quantitative estimate of drug-likeness (QED) is 0.0691. The molecular formula is C25H28N10O5. The fourth-order valence-corrected chi connectivity index (χ4v) is 3.38. The van der Waals surface area contributed by atoms with Crippen molar-refractivity contribution in [2.75, 3.05) is 44.0 Å². The van der Waals surface area contributed by atoms with E-state index in [0.717, 1.165) is 6.08 Å². The number of hydrogen-bond acceptors (Lipinski definition) is 13. The highest BCUT2D eigenvalue weighted by molar-refractivity contribution is 5.81. The third kappa shape index (κ3) is 7.88. The van der Waals surface area contributed by atoms with Crippen LogP contribution in [-0.4, -0.2) is 64.1 Å². The normalized spacial score (nSPS) is 10.7. The molecular weight excluding hydrogens is 520 g/mol. The van der Waals surface area contributed by atoms with Crippen LogP contribution in [-0.2, 0) is 14.3 Å². The maximum atomic E-state index is 11.2. The fourth-order valence-electron chi connectivity index (χ4n) is 3.38. The van der Waals surface area contributed by atoms with Crippen LogP contribution in [0.1, 0.15) is 24.0 Å². The lowest BCUT2D eigenvalue weighted by Crippen LogP contribution is -2.13. The molecule has 0 bridgehead atoms. The van der Waals surface area contributed by atoms with Crippen LogP contribution in [0.2, 0.25) is 0 Å². The summed E-state index contributed by atoms with van der Waals surface area (Å²) in [6.45, 7) is 6.74. The van der Waals surface area contributed by atoms with E-state index >= 15 is 0 Å². The Kier molecular flexibility index (Phi) is 10.7. The van der Waals surface area contributed by atoms with Crippen molar-refractivity contribution in [2.45, 2.75) is 19.8 Å². The van der Waals surface area contributed by atoms with E-state index in [-0.39, 0.29) is 23.8 Å². The Morgan fingerprint density at radius 1 is 1.20 bits per heavy atom. The minimum absolute atomic E-state index is 0.0397. The predicted octanol–water partition coefficient (Wildman–Crippen LogP) is 4.15. The molecule has 3 rings (SSSR count). The Labute approximate surface area is 229 Å². The number of nitriles is 1. The molecule has 0 radical (unpaired) electrons. The van der Waals surface area contributed by atoms with Crippen LogP contribution in [0.4, 0.5) is 29.0 Å². The van der Waals surface area contributed by atoms with Crippen LogP contribution < -0.4 is 10.6 Å². The smallest absolute Gasteiger partial charge is 0.330 e. The van der Waals surface area contributed by atoms with Gasteiger partial charge in [0.05, 0.1) is 22.8 Å². The Morgan fingerprint density at radius 2 is 1.90 bits per heavy atom. The summed E-state index contributed by atoms with van der Waals surface area (Å²) >= 11 is 0. The lowest BCUT2D eigenvalue weighted by atomic mass is 10.1. The maximum Gasteiger partial charge on any atom is 0.330 e. The molecule has 3 aromatic rings. The van der Waals surface area contributed by atoms with Gasteiger partial charge >= 0.3 is 5.97 Å². The number of anilines is 2. The van der Waals surface area contributed by atoms with E-state index in [1.807, 2.05) is 0 Å². The maximum absolute atomic E-state index is 11.2. The van der Waals surface area contributed by atoms with Crippen molar-refractivity contribution in [1.29, 1.82) is 5.26 Å². The number of nitrogens with zero attached hydrogens (tertiary/aromatic N) is 8. The fraction of sp³-hybridized carbons (Fsp3) is 0.320. The van der Waals surface area contributed by atoms with Crippen molar-refractivity contribution in [3.8, 4) is 11.8 Å². The number of methoxy groups -OCH3 is 1. The number of nitrogens with one attached hydrogen (secondary N) is 2. The van der Waals surface area contributed by atoms with Crippen molar-refractivity contribution in [3.63, 3.8) is 0 Å². The summed E-state index contributed by atoms with van der Waals surface area (Å²) in [5.74, 6) is 0.282. The molecule has 2 N–H and O–H groups in total. The number of azo groups is 1. The van der Waals surface area contributed by atoms with Crippen LogP contribution in [0.25, 0.3) is 5.69 Å². The number of aromatic nitrogens is 4. The summed E-state index contributed by atoms with van der Waals surface area (Å²) in [7, 11) is 1.61. The molecule has 15 nitrogen and oxygen atoms in total. The number of nitro benzene ring substituents is 1. The van der Waals surface area contributed by atoms with Gasteiger partial charge in [-0.2, -0.15) is 10.2 Å². The summed E-state index contributed by atoms with van der Waals surface area (Å²) in [5, 5.41) is 39.7. The summed E-state index contributed by atoms with van der Waals surface area (Å²) in [6.07, 6.45) is 3.69. The second-order valence-electron chi connectivity index (χ2n) is 8.16. The van der Waals surface area contributed by atoms with Crippen molar-refractivity contribution in [2.24, 2.45) is 10.2 Å². The van der Waals surface area contributed by atoms with Gasteiger partial charge in [-0.25, -0.2) is 14.5 Å². The molecule has 15 heteroatoms. The minimum atomic E-state index is -0.504. The van der Waals surface area contributed by atoms with E-state index in [1.54, 1.807) is 14.0 Å². The number of benzene rings is 1. The molecule has 208 valence electrons. The Balaban J connectivity index is 1.83. The summed E-state index contributed by atoms with van der Waals surface area (Å²) < 4.78 is 11.5. The summed E-state index contributed by atoms with van der Waals surface area (Å²) in [6, 6.07) is 7.96. The van der Waals surface area contributed by atoms with E-state index in [0.29, 0.717) is 61.1 Å². The first-order valence-corrected chi connectivity index (χ1v) is 12.2. The Hall–Kier alpha value is -5.23. The number of carbonyl (C=O) groups excluding carboxylic acids is 1. The van der Waals surface area contributed by atoms with Crippen LogP contribution in [0.5, 0.6) is 0 Å². The zero-order chi connectivity index (χ0) is 28.9. The Morgan fingerprint density at radius 3 is 2.55 bits per heavy atom. The number of ether oxygens (including phenoxy) is 2. The van der Waals surface area contributed by atoms with Crippen LogP contribution >= 0.6 is 0 Å². The number of pyridine rings is 1. The Bertz CT molecular complexity index is 1410. The van der Waals surface area contributed by atoms with E-state index in [4.69, 9.17) is 9.47 Å². The van der Waals surface area contributed by atoms with Gasteiger partial charge in [-0.1, -0.05) is 6.58 Å². The number of non-ortho nitro benzene ring substituents is 1. The van der Waals surface area contributed by atoms with Gasteiger partial charge in [-0.15, -0.1) is 15.3 Å².